The lowest BCUT2D eigenvalue weighted by Crippen LogP contribution is -2.11. The summed E-state index contributed by atoms with van der Waals surface area (Å²) < 4.78 is 22.6. The van der Waals surface area contributed by atoms with E-state index in [1.165, 1.54) is 12.1 Å². The molecule has 0 aliphatic rings. The van der Waals surface area contributed by atoms with E-state index in [4.69, 9.17) is 10.9 Å². The number of sulfonamides is 1. The highest BCUT2D eigenvalue weighted by atomic mass is 32.2. The molecule has 4 N–H and O–H groups in total. The van der Waals surface area contributed by atoms with Crippen LogP contribution in [-0.2, 0) is 16.6 Å². The summed E-state index contributed by atoms with van der Waals surface area (Å²) >= 11 is 0. The summed E-state index contributed by atoms with van der Waals surface area (Å²) in [5.41, 5.74) is 8.65. The Bertz CT molecular complexity index is 797. The zero-order valence-electron chi connectivity index (χ0n) is 12.2. The fourth-order valence-corrected chi connectivity index (χ4v) is 2.73. The molecule has 0 heterocycles. The summed E-state index contributed by atoms with van der Waals surface area (Å²) in [6.07, 6.45) is 0.393. The van der Waals surface area contributed by atoms with E-state index >= 15 is 0 Å². The first kappa shape index (κ1) is 16.4. The van der Waals surface area contributed by atoms with Crippen LogP contribution in [0.25, 0.3) is 11.1 Å². The van der Waals surface area contributed by atoms with Crippen LogP contribution >= 0.6 is 0 Å². The van der Waals surface area contributed by atoms with Gasteiger partial charge in [-0.05, 0) is 34.9 Å². The highest BCUT2D eigenvalue weighted by Crippen LogP contribution is 2.27. The number of carbonyl (C=O) groups excluding carboxylic acids is 1. The van der Waals surface area contributed by atoms with Crippen LogP contribution in [0, 0.1) is 0 Å². The van der Waals surface area contributed by atoms with Gasteiger partial charge in [-0.1, -0.05) is 31.2 Å². The number of hydrogen-bond acceptors (Lipinski definition) is 4. The molecule has 116 valence electrons. The maximum Gasteiger partial charge on any atom is 0.238 e. The Hall–Kier alpha value is -2.02. The highest BCUT2D eigenvalue weighted by molar-refractivity contribution is 7.89. The van der Waals surface area contributed by atoms with Crippen LogP contribution in [0.5, 0.6) is 0 Å². The second-order valence-electron chi connectivity index (χ2n) is 4.93. The van der Waals surface area contributed by atoms with Crippen LogP contribution in [0.2, 0.25) is 0 Å². The minimum atomic E-state index is -3.73. The molecular weight excluding hydrogens is 300 g/mol. The second-order valence-corrected chi connectivity index (χ2v) is 6.49. The van der Waals surface area contributed by atoms with Crippen molar-refractivity contribution in [3.05, 3.63) is 53.6 Å². The molecule has 0 radical (unpaired) electrons. The van der Waals surface area contributed by atoms with Crippen LogP contribution in [0.3, 0.4) is 0 Å². The lowest BCUT2D eigenvalue weighted by molar-refractivity contribution is 0.0989. The van der Waals surface area contributed by atoms with Gasteiger partial charge in [-0.15, -0.1) is 0 Å². The van der Waals surface area contributed by atoms with E-state index < -0.39 is 10.0 Å². The van der Waals surface area contributed by atoms with Crippen molar-refractivity contribution in [2.45, 2.75) is 24.8 Å². The third-order valence-corrected chi connectivity index (χ3v) is 4.36. The first-order chi connectivity index (χ1) is 10.4. The van der Waals surface area contributed by atoms with Crippen LogP contribution < -0.4 is 10.9 Å². The smallest absolute Gasteiger partial charge is 0.238 e. The fraction of sp³-hybridized carbons (Fsp3) is 0.188. The maximum absolute atomic E-state index is 12.1. The molecule has 2 aromatic carbocycles. The molecular formula is C16H18N2O3S. The Balaban J connectivity index is 2.57. The molecule has 22 heavy (non-hydrogen) atoms. The summed E-state index contributed by atoms with van der Waals surface area (Å²) in [5.74, 6) is 0.0223. The fourth-order valence-electron chi connectivity index (χ4n) is 2.21. The van der Waals surface area contributed by atoms with Gasteiger partial charge in [-0.25, -0.2) is 13.6 Å². The Labute approximate surface area is 130 Å². The van der Waals surface area contributed by atoms with Crippen LogP contribution in [0.4, 0.5) is 0 Å². The van der Waals surface area contributed by atoms with Gasteiger partial charge in [0.05, 0.1) is 4.90 Å². The monoisotopic (exact) mass is 318 g/mol. The second kappa shape index (κ2) is 6.39. The number of hydrogen-bond donors (Lipinski definition) is 2. The first-order valence-electron chi connectivity index (χ1n) is 6.86. The summed E-state index contributed by atoms with van der Waals surface area (Å²) in [5, 5.41) is 5.09. The number of ketones is 1. The molecule has 0 saturated carbocycles. The maximum atomic E-state index is 12.1. The summed E-state index contributed by atoms with van der Waals surface area (Å²) in [6, 6.07) is 11.6. The summed E-state index contributed by atoms with van der Waals surface area (Å²) in [7, 11) is -3.73. The lowest BCUT2D eigenvalue weighted by atomic mass is 9.94. The van der Waals surface area contributed by atoms with Gasteiger partial charge in [0, 0.05) is 18.5 Å². The van der Waals surface area contributed by atoms with Gasteiger partial charge in [-0.3, -0.25) is 4.79 Å². The molecule has 0 fully saturated rings. The molecule has 0 unspecified atom stereocenters. The van der Waals surface area contributed by atoms with Crippen molar-refractivity contribution >= 4 is 15.8 Å². The van der Waals surface area contributed by atoms with Crippen LogP contribution in [0.1, 0.15) is 29.3 Å². The van der Waals surface area contributed by atoms with E-state index in [9.17, 15) is 13.2 Å². The zero-order chi connectivity index (χ0) is 16.3. The van der Waals surface area contributed by atoms with Crippen molar-refractivity contribution in [3.8, 4) is 11.1 Å². The highest BCUT2D eigenvalue weighted by Gasteiger charge is 2.13. The number of nitrogens with two attached hydrogens (primary N) is 2. The molecule has 0 amide bonds. The third-order valence-electron chi connectivity index (χ3n) is 3.44. The molecule has 0 spiro atoms. The Morgan fingerprint density at radius 3 is 2.23 bits per heavy atom. The van der Waals surface area contributed by atoms with E-state index in [-0.39, 0.29) is 10.7 Å². The molecule has 0 bridgehead atoms. The average molecular weight is 318 g/mol. The SMILES string of the molecule is CCC(=O)c1ccc(CN)cc1-c1ccc(S(N)(=O)=O)cc1. The van der Waals surface area contributed by atoms with Gasteiger partial charge in [0.15, 0.2) is 5.78 Å². The predicted octanol–water partition coefficient (Wildman–Crippen LogP) is 2.05. The minimum Gasteiger partial charge on any atom is -0.326 e. The van der Waals surface area contributed by atoms with E-state index in [1.54, 1.807) is 25.1 Å². The minimum absolute atomic E-state index is 0.0223. The standard InChI is InChI=1S/C16H18N2O3S/c1-2-16(19)14-8-3-11(10-17)9-15(14)12-4-6-13(7-5-12)22(18,20)21/h3-9H,2,10,17H2,1H3,(H2,18,20,21). The average Bonchev–Trinajstić information content (AvgIpc) is 2.52. The van der Waals surface area contributed by atoms with Crippen LogP contribution in [-0.4, -0.2) is 14.2 Å². The lowest BCUT2D eigenvalue weighted by Gasteiger charge is -2.11. The van der Waals surface area contributed by atoms with Crippen LogP contribution in [0.15, 0.2) is 47.4 Å². The van der Waals surface area contributed by atoms with E-state index in [0.717, 1.165) is 16.7 Å². The molecule has 0 aromatic heterocycles. The quantitative estimate of drug-likeness (QED) is 0.823. The number of rotatable bonds is 5. The molecule has 2 rings (SSSR count). The van der Waals surface area contributed by atoms with E-state index in [2.05, 4.69) is 0 Å². The van der Waals surface area contributed by atoms with E-state index in [0.29, 0.717) is 18.5 Å². The Kier molecular flexibility index (Phi) is 4.75. The first-order valence-corrected chi connectivity index (χ1v) is 8.41. The zero-order valence-corrected chi connectivity index (χ0v) is 13.1. The van der Waals surface area contributed by atoms with Gasteiger partial charge in [0.25, 0.3) is 0 Å². The number of Topliss-reactive ketones (excluding diaryl/α,β-unsaturated/α-hetero) is 1. The molecule has 5 nitrogen and oxygen atoms in total. The van der Waals surface area contributed by atoms with Gasteiger partial charge < -0.3 is 5.73 Å². The van der Waals surface area contributed by atoms with Crippen molar-refractivity contribution in [1.82, 2.24) is 0 Å². The van der Waals surface area contributed by atoms with Crippen molar-refractivity contribution < 1.29 is 13.2 Å². The van der Waals surface area contributed by atoms with Crippen molar-refractivity contribution in [2.24, 2.45) is 10.9 Å². The summed E-state index contributed by atoms with van der Waals surface area (Å²) in [4.78, 5) is 12.1. The van der Waals surface area contributed by atoms with Gasteiger partial charge in [0.2, 0.25) is 10.0 Å². The molecule has 2 aromatic rings. The molecule has 0 atom stereocenters. The van der Waals surface area contributed by atoms with Crippen molar-refractivity contribution in [2.75, 3.05) is 0 Å². The Morgan fingerprint density at radius 2 is 1.73 bits per heavy atom. The topological polar surface area (TPSA) is 103 Å². The van der Waals surface area contributed by atoms with Crippen molar-refractivity contribution in [3.63, 3.8) is 0 Å². The van der Waals surface area contributed by atoms with Gasteiger partial charge in [-0.2, -0.15) is 0 Å². The van der Waals surface area contributed by atoms with Gasteiger partial charge >= 0.3 is 0 Å². The molecule has 0 aliphatic heterocycles. The Morgan fingerprint density at radius 1 is 1.09 bits per heavy atom. The molecule has 6 heteroatoms. The number of benzene rings is 2. The molecule has 0 aliphatic carbocycles. The van der Waals surface area contributed by atoms with Crippen molar-refractivity contribution in [1.29, 1.82) is 0 Å². The third kappa shape index (κ3) is 3.41. The number of carbonyl (C=O) groups is 1. The predicted molar refractivity (Wildman–Crippen MR) is 85.8 cm³/mol. The molecule has 0 saturated heterocycles. The van der Waals surface area contributed by atoms with E-state index in [1.807, 2.05) is 12.1 Å². The summed E-state index contributed by atoms with van der Waals surface area (Å²) in [6.45, 7) is 2.16. The number of primary sulfonamides is 1. The van der Waals surface area contributed by atoms with Gasteiger partial charge in [0.1, 0.15) is 0 Å². The normalized spacial score (nSPS) is 11.4. The largest absolute Gasteiger partial charge is 0.326 e.